The number of benzene rings is 1. The van der Waals surface area contributed by atoms with Crippen LogP contribution in [0.1, 0.15) is 11.1 Å². The number of aryl methyl sites for hydroxylation is 1. The number of pyridine rings is 3. The minimum Gasteiger partial charge on any atom is -0.353 e. The van der Waals surface area contributed by atoms with Gasteiger partial charge in [0.1, 0.15) is 21.3 Å². The molecule has 5 heterocycles. The Labute approximate surface area is 236 Å². The van der Waals surface area contributed by atoms with Crippen LogP contribution in [0.15, 0.2) is 67.3 Å². The lowest BCUT2D eigenvalue weighted by Crippen LogP contribution is -2.10. The average molecular weight is 570 g/mol. The Balaban J connectivity index is 1.40. The van der Waals surface area contributed by atoms with Crippen molar-refractivity contribution in [1.82, 2.24) is 35.0 Å². The van der Waals surface area contributed by atoms with E-state index in [4.69, 9.17) is 0 Å². The number of hydrogen-bond donors (Lipinski definition) is 2. The van der Waals surface area contributed by atoms with Crippen molar-refractivity contribution in [2.45, 2.75) is 13.0 Å². The number of nitrogens with one attached hydrogen (secondary N) is 2. The molecule has 6 aromatic rings. The normalized spacial score (nSPS) is 12.1. The zero-order valence-corrected chi connectivity index (χ0v) is 23.6. The molecule has 208 valence electrons. The summed E-state index contributed by atoms with van der Waals surface area (Å²) in [6, 6.07) is 12.5. The fourth-order valence-electron chi connectivity index (χ4n) is 5.01. The standard InChI is InChI=1S/C30H28FN7O2S/c1-38(2)17-19-9-21(15-32-14-19)26-12-24-28(16-34-26)36-37-30(24)27-13-23-25(35-27)4-6-33-29(23)20-8-18(10-22(31)11-20)5-7-41(3,39)40/h4,6,8-16,35H,5,7,17H2,1-3H3,(H,36,37). The second-order valence-electron chi connectivity index (χ2n) is 10.5. The van der Waals surface area contributed by atoms with Crippen molar-refractivity contribution in [3.8, 4) is 33.9 Å². The molecule has 0 saturated carbocycles. The molecule has 0 spiro atoms. The third-order valence-corrected chi connectivity index (χ3v) is 7.78. The fourth-order valence-corrected chi connectivity index (χ4v) is 5.61. The lowest BCUT2D eigenvalue weighted by atomic mass is 10.0. The van der Waals surface area contributed by atoms with Crippen molar-refractivity contribution >= 4 is 31.6 Å². The van der Waals surface area contributed by atoms with Gasteiger partial charge < -0.3 is 9.88 Å². The van der Waals surface area contributed by atoms with Crippen LogP contribution in [0.2, 0.25) is 0 Å². The molecular formula is C30H28FN7O2S. The number of rotatable bonds is 8. The number of sulfone groups is 1. The van der Waals surface area contributed by atoms with Crippen molar-refractivity contribution in [3.05, 3.63) is 84.2 Å². The molecule has 11 heteroatoms. The lowest BCUT2D eigenvalue weighted by Gasteiger charge is -2.10. The Morgan fingerprint density at radius 1 is 0.878 bits per heavy atom. The summed E-state index contributed by atoms with van der Waals surface area (Å²) in [4.78, 5) is 19.1. The lowest BCUT2D eigenvalue weighted by molar-refractivity contribution is 0.402. The fraction of sp³-hybridized carbons (Fsp3) is 0.200. The van der Waals surface area contributed by atoms with E-state index >= 15 is 0 Å². The summed E-state index contributed by atoms with van der Waals surface area (Å²) >= 11 is 0. The molecule has 0 aliphatic carbocycles. The number of hydrogen-bond acceptors (Lipinski definition) is 7. The predicted molar refractivity (Wildman–Crippen MR) is 158 cm³/mol. The highest BCUT2D eigenvalue weighted by atomic mass is 32.2. The first kappa shape index (κ1) is 26.7. The van der Waals surface area contributed by atoms with Gasteiger partial charge in [-0.15, -0.1) is 0 Å². The van der Waals surface area contributed by atoms with Crippen LogP contribution in [0.5, 0.6) is 0 Å². The van der Waals surface area contributed by atoms with Crippen molar-refractivity contribution in [3.63, 3.8) is 0 Å². The van der Waals surface area contributed by atoms with Crippen LogP contribution in [0, 0.1) is 5.82 Å². The van der Waals surface area contributed by atoms with E-state index in [0.29, 0.717) is 16.8 Å². The number of aromatic nitrogens is 6. The summed E-state index contributed by atoms with van der Waals surface area (Å²) in [5.74, 6) is -0.496. The molecule has 6 rings (SSSR count). The molecule has 1 aromatic carbocycles. The molecular weight excluding hydrogens is 541 g/mol. The molecule has 0 fully saturated rings. The first-order chi connectivity index (χ1) is 19.6. The molecule has 5 aromatic heterocycles. The number of aromatic amines is 2. The van der Waals surface area contributed by atoms with Crippen LogP contribution in [0.3, 0.4) is 0 Å². The van der Waals surface area contributed by atoms with E-state index in [1.54, 1.807) is 24.7 Å². The molecule has 41 heavy (non-hydrogen) atoms. The van der Waals surface area contributed by atoms with Crippen LogP contribution in [0.25, 0.3) is 55.7 Å². The van der Waals surface area contributed by atoms with Gasteiger partial charge >= 0.3 is 0 Å². The van der Waals surface area contributed by atoms with Crippen molar-refractivity contribution in [1.29, 1.82) is 0 Å². The average Bonchev–Trinajstić information content (AvgIpc) is 3.54. The molecule has 0 bridgehead atoms. The number of halogens is 1. The molecule has 0 amide bonds. The Bertz CT molecular complexity index is 2010. The van der Waals surface area contributed by atoms with Gasteiger partial charge in [-0.05, 0) is 74.1 Å². The summed E-state index contributed by atoms with van der Waals surface area (Å²) in [5, 5.41) is 9.33. The van der Waals surface area contributed by atoms with Gasteiger partial charge in [-0.2, -0.15) is 5.10 Å². The summed E-state index contributed by atoms with van der Waals surface area (Å²) in [6.07, 6.45) is 8.48. The molecule has 2 N–H and O–H groups in total. The minimum atomic E-state index is -3.18. The molecule has 0 aliphatic heterocycles. The van der Waals surface area contributed by atoms with Crippen LogP contribution in [-0.4, -0.2) is 69.6 Å². The molecule has 9 nitrogen and oxygen atoms in total. The maximum absolute atomic E-state index is 14.6. The highest BCUT2D eigenvalue weighted by Crippen LogP contribution is 2.34. The zero-order chi connectivity index (χ0) is 28.7. The van der Waals surface area contributed by atoms with Crippen molar-refractivity contribution in [2.75, 3.05) is 26.1 Å². The topological polar surface area (TPSA) is 121 Å². The zero-order valence-electron chi connectivity index (χ0n) is 22.8. The van der Waals surface area contributed by atoms with E-state index < -0.39 is 15.7 Å². The number of H-pyrrole nitrogens is 2. The highest BCUT2D eigenvalue weighted by Gasteiger charge is 2.17. The van der Waals surface area contributed by atoms with Crippen molar-refractivity contribution < 1.29 is 12.8 Å². The SMILES string of the molecule is CN(C)Cc1cncc(-c2cc3c(-c4cc5c(-c6cc(F)cc(CCS(C)(=O)=O)c6)nccc5[nH]4)n[nH]c3cn2)c1. The number of fused-ring (bicyclic) bond motifs is 2. The monoisotopic (exact) mass is 569 g/mol. The summed E-state index contributed by atoms with van der Waals surface area (Å²) in [5.41, 5.74) is 7.66. The van der Waals surface area contributed by atoms with Gasteiger partial charge in [-0.1, -0.05) is 0 Å². The maximum atomic E-state index is 14.6. The largest absolute Gasteiger partial charge is 0.353 e. The highest BCUT2D eigenvalue weighted by molar-refractivity contribution is 7.90. The second kappa shape index (κ2) is 10.5. The van der Waals surface area contributed by atoms with E-state index in [2.05, 4.69) is 41.1 Å². The van der Waals surface area contributed by atoms with Gasteiger partial charge in [0.25, 0.3) is 0 Å². The maximum Gasteiger partial charge on any atom is 0.147 e. The molecule has 0 atom stereocenters. The first-order valence-electron chi connectivity index (χ1n) is 13.0. The Hall–Kier alpha value is -4.48. The van der Waals surface area contributed by atoms with E-state index in [0.717, 1.165) is 56.6 Å². The van der Waals surface area contributed by atoms with Gasteiger partial charge in [0.05, 0.1) is 34.5 Å². The van der Waals surface area contributed by atoms with Gasteiger partial charge in [-0.25, -0.2) is 12.8 Å². The van der Waals surface area contributed by atoms with Gasteiger partial charge in [0, 0.05) is 58.8 Å². The molecule has 0 radical (unpaired) electrons. The van der Waals surface area contributed by atoms with E-state index in [1.165, 1.54) is 18.4 Å². The smallest absolute Gasteiger partial charge is 0.147 e. The summed E-state index contributed by atoms with van der Waals surface area (Å²) < 4.78 is 37.9. The van der Waals surface area contributed by atoms with Crippen LogP contribution < -0.4 is 0 Å². The third kappa shape index (κ3) is 5.72. The molecule has 0 saturated heterocycles. The summed E-state index contributed by atoms with van der Waals surface area (Å²) in [6.45, 7) is 0.774. The Morgan fingerprint density at radius 2 is 1.68 bits per heavy atom. The number of nitrogens with zero attached hydrogens (tertiary/aromatic N) is 5. The van der Waals surface area contributed by atoms with Crippen molar-refractivity contribution in [2.24, 2.45) is 0 Å². The minimum absolute atomic E-state index is 0.0547. The van der Waals surface area contributed by atoms with Crippen LogP contribution in [0.4, 0.5) is 4.39 Å². The van der Waals surface area contributed by atoms with Gasteiger partial charge in [0.2, 0.25) is 0 Å². The van der Waals surface area contributed by atoms with E-state index in [9.17, 15) is 12.8 Å². The van der Waals surface area contributed by atoms with Crippen LogP contribution in [-0.2, 0) is 22.8 Å². The van der Waals surface area contributed by atoms with E-state index in [1.807, 2.05) is 38.5 Å². The van der Waals surface area contributed by atoms with Gasteiger partial charge in [-0.3, -0.25) is 20.1 Å². The summed E-state index contributed by atoms with van der Waals surface area (Å²) in [7, 11) is 0.854. The molecule has 0 aliphatic rings. The van der Waals surface area contributed by atoms with E-state index in [-0.39, 0.29) is 12.2 Å². The molecule has 0 unspecified atom stereocenters. The quantitative estimate of drug-likeness (QED) is 0.264. The third-order valence-electron chi connectivity index (χ3n) is 6.83. The van der Waals surface area contributed by atoms with Crippen LogP contribution >= 0.6 is 0 Å². The Morgan fingerprint density at radius 3 is 2.49 bits per heavy atom. The van der Waals surface area contributed by atoms with Gasteiger partial charge in [0.15, 0.2) is 0 Å². The predicted octanol–water partition coefficient (Wildman–Crippen LogP) is 5.02. The first-order valence-corrected chi connectivity index (χ1v) is 15.1. The second-order valence-corrected chi connectivity index (χ2v) is 12.8. The Kier molecular flexibility index (Phi) is 6.84.